The van der Waals surface area contributed by atoms with Gasteiger partial charge in [-0.3, -0.25) is 0 Å². The van der Waals surface area contributed by atoms with Crippen molar-refractivity contribution < 1.29 is 0 Å². The largest absolute Gasteiger partial charge is 0.333 e. The number of hydrogen-bond donors (Lipinski definition) is 1. The van der Waals surface area contributed by atoms with Gasteiger partial charge in [-0.25, -0.2) is 0 Å². The van der Waals surface area contributed by atoms with Crippen LogP contribution < -0.4 is 5.73 Å². The Morgan fingerprint density at radius 3 is 1.41 bits per heavy atom. The molecule has 2 aromatic heterocycles. The van der Waals surface area contributed by atoms with E-state index >= 15 is 0 Å². The van der Waals surface area contributed by atoms with E-state index in [-0.39, 0.29) is 18.0 Å². The van der Waals surface area contributed by atoms with Crippen LogP contribution in [0.5, 0.6) is 0 Å². The minimum atomic E-state index is 0.00273. The first-order chi connectivity index (χ1) is 62.2. The van der Waals surface area contributed by atoms with Crippen molar-refractivity contribution in [2.45, 2.75) is 122 Å². The molecule has 2 N–H and O–H groups in total. The van der Waals surface area contributed by atoms with E-state index in [9.17, 15) is 0 Å². The molecule has 16 aromatic carbocycles. The van der Waals surface area contributed by atoms with Gasteiger partial charge in [-0.05, 0) is 271 Å². The van der Waals surface area contributed by atoms with E-state index in [1.165, 1.54) is 205 Å². The highest BCUT2D eigenvalue weighted by Gasteiger charge is 2.37. The fraction of sp³-hybridized carbons (Fsp3) is 0.154. The third-order valence-electron chi connectivity index (χ3n) is 27.4. The van der Waals surface area contributed by atoms with Crippen molar-refractivity contribution in [3.8, 4) is 50.2 Å². The second kappa shape index (κ2) is 36.1. The van der Waals surface area contributed by atoms with Crippen molar-refractivity contribution in [1.82, 2.24) is 9.13 Å². The minimum Gasteiger partial charge on any atom is -0.333 e. The van der Waals surface area contributed by atoms with Gasteiger partial charge >= 0.3 is 0 Å². The third-order valence-corrected chi connectivity index (χ3v) is 27.4. The highest BCUT2D eigenvalue weighted by atomic mass is 15.0. The van der Waals surface area contributed by atoms with Crippen molar-refractivity contribution in [3.63, 3.8) is 0 Å². The summed E-state index contributed by atoms with van der Waals surface area (Å²) in [6.45, 7) is 8.89. The highest BCUT2D eigenvalue weighted by molar-refractivity contribution is 6.18. The molecule has 0 spiro atoms. The predicted molar refractivity (Wildman–Crippen MR) is 534 cm³/mol. The van der Waals surface area contributed by atoms with Gasteiger partial charge in [0.05, 0.1) is 22.6 Å². The van der Waals surface area contributed by atoms with Gasteiger partial charge in [0.2, 0.25) is 0 Å². The normalized spacial score (nSPS) is 14.8. The standard InChI is InChI=1S/C47H33N.C44H42N2.2C16H16/c1-2-28-23-33(43-37-15-7-8-16-38(37)46-40(43)21-19-31-25-29-11-3-5-13-35(29)44(31)46)27-34(24-28)48-41-18-10-9-17-39(41)47-42(48)22-20-32-26-30-12-4-6-14-36(30)45(32)47;1-2-30-25-36(40(45)29-33(32-15-7-4-8-16-32)22-21-31-13-5-3-6-14-31)28-37(26-30)46-41-20-12-11-19-39(41)44-42(46)24-23-35-27-34-17-9-10-18-38(34)43(35)44;2*1-14(16-10-6-3-7-11-16)12-13-15-8-4-2-5-9-15/h3-24,27,43H,2,25-26H2,1H3;3-20,23-26,33,37,40H,2,21-22,27-29,45H2,1H3;2*2-12H,13H2,1H3/b;;2*14-12+. The van der Waals surface area contributed by atoms with E-state index in [1.807, 2.05) is 12.1 Å². The van der Waals surface area contributed by atoms with Gasteiger partial charge in [-0.15, -0.1) is 0 Å². The zero-order chi connectivity index (χ0) is 85.0. The Bertz CT molecular complexity index is 7060. The van der Waals surface area contributed by atoms with E-state index < -0.39 is 0 Å². The van der Waals surface area contributed by atoms with Crippen LogP contribution >= 0.6 is 0 Å². The molecule has 614 valence electrons. The molecule has 0 aliphatic heterocycles. The maximum Gasteiger partial charge on any atom is 0.0566 e. The monoisotopic (exact) mass is 1630 g/mol. The molecule has 0 saturated heterocycles. The summed E-state index contributed by atoms with van der Waals surface area (Å²) in [6, 6.07) is 140. The van der Waals surface area contributed by atoms with Gasteiger partial charge in [0.1, 0.15) is 0 Å². The molecule has 5 aliphatic rings. The zero-order valence-electron chi connectivity index (χ0n) is 72.7. The van der Waals surface area contributed by atoms with Crippen LogP contribution in [0.2, 0.25) is 0 Å². The Kier molecular flexibility index (Phi) is 23.0. The molecule has 0 saturated carbocycles. The number of fused-ring (bicyclic) bond motifs is 21. The van der Waals surface area contributed by atoms with Crippen molar-refractivity contribution in [1.29, 1.82) is 0 Å². The Morgan fingerprint density at radius 2 is 0.841 bits per heavy atom. The van der Waals surface area contributed by atoms with Crippen LogP contribution in [0.15, 0.2) is 418 Å². The maximum atomic E-state index is 7.24. The van der Waals surface area contributed by atoms with Crippen LogP contribution in [0.4, 0.5) is 0 Å². The summed E-state index contributed by atoms with van der Waals surface area (Å²) in [4.78, 5) is 0. The van der Waals surface area contributed by atoms with Gasteiger partial charge in [0, 0.05) is 44.7 Å². The molecule has 2 heterocycles. The first-order valence-corrected chi connectivity index (χ1v) is 45.7. The number of nitrogens with two attached hydrogens (primary N) is 1. The number of para-hydroxylation sites is 2. The summed E-state index contributed by atoms with van der Waals surface area (Å²) in [5.41, 5.74) is 52.8. The first kappa shape index (κ1) is 80.4. The molecule has 0 amide bonds. The SMILES string of the molecule is C/C(=C\Cc1ccccc1)c1ccccc1.C/C(=C\Cc1ccccc1)c1ccccc1.CCC1=CC(n2c3ccccc3c3c4c(ccc32)Cc2ccccc2-4)CC(C(N)CC(CCc2ccccc2)c2ccccc2)=C1.CCc1cc(C2c3ccccc3-c3c2ccc2c3-c3ccccc3C2)cc(-n2c3ccccc3c3c4c(ccc32)Cc2ccccc2-4)c1. The van der Waals surface area contributed by atoms with Crippen molar-refractivity contribution in [2.75, 3.05) is 0 Å². The molecule has 3 heteroatoms. The first-order valence-electron chi connectivity index (χ1n) is 45.7. The van der Waals surface area contributed by atoms with E-state index in [0.29, 0.717) is 5.92 Å². The molecular weight excluding hydrogens is 1520 g/mol. The quantitative estimate of drug-likeness (QED) is 0.0913. The molecule has 0 radical (unpaired) electrons. The highest BCUT2D eigenvalue weighted by Crippen LogP contribution is 2.56. The second-order valence-corrected chi connectivity index (χ2v) is 35.0. The minimum absolute atomic E-state index is 0.00273. The summed E-state index contributed by atoms with van der Waals surface area (Å²) < 4.78 is 5.15. The lowest BCUT2D eigenvalue weighted by atomic mass is 9.82. The summed E-state index contributed by atoms with van der Waals surface area (Å²) in [6.07, 6.45) is 20.6. The van der Waals surface area contributed by atoms with E-state index in [0.717, 1.165) is 70.6 Å². The van der Waals surface area contributed by atoms with E-state index in [1.54, 1.807) is 0 Å². The summed E-state index contributed by atoms with van der Waals surface area (Å²) in [5.74, 6) is 0.589. The van der Waals surface area contributed by atoms with Crippen LogP contribution in [-0.4, -0.2) is 15.2 Å². The molecule has 0 fully saturated rings. The van der Waals surface area contributed by atoms with Crippen LogP contribution in [-0.2, 0) is 44.9 Å². The second-order valence-electron chi connectivity index (χ2n) is 35.0. The Balaban J connectivity index is 0.000000118. The summed E-state index contributed by atoms with van der Waals surface area (Å²) in [7, 11) is 0. The molecule has 23 rings (SSSR count). The Hall–Kier alpha value is -14.0. The average Bonchev–Trinajstić information content (AvgIpc) is 1.56. The smallest absolute Gasteiger partial charge is 0.0566 e. The maximum absolute atomic E-state index is 7.24. The van der Waals surface area contributed by atoms with Gasteiger partial charge < -0.3 is 14.9 Å². The van der Waals surface area contributed by atoms with Gasteiger partial charge in [0.25, 0.3) is 0 Å². The Labute approximate surface area is 743 Å². The molecular formula is C123H107N3. The fourth-order valence-electron chi connectivity index (χ4n) is 21.0. The van der Waals surface area contributed by atoms with Crippen LogP contribution in [0.25, 0.3) is 105 Å². The number of nitrogens with zero attached hydrogens (tertiary/aromatic N) is 2. The van der Waals surface area contributed by atoms with Gasteiger partial charge in [0.15, 0.2) is 0 Å². The van der Waals surface area contributed by atoms with Crippen LogP contribution in [0.3, 0.4) is 0 Å². The van der Waals surface area contributed by atoms with Crippen LogP contribution in [0, 0.1) is 0 Å². The third kappa shape index (κ3) is 16.0. The number of rotatable bonds is 18. The summed E-state index contributed by atoms with van der Waals surface area (Å²) >= 11 is 0. The average molecular weight is 1630 g/mol. The van der Waals surface area contributed by atoms with Gasteiger partial charge in [-0.1, -0.05) is 395 Å². The van der Waals surface area contributed by atoms with Gasteiger partial charge in [-0.2, -0.15) is 0 Å². The van der Waals surface area contributed by atoms with Crippen molar-refractivity contribution in [3.05, 3.63) is 507 Å². The summed E-state index contributed by atoms with van der Waals surface area (Å²) in [5, 5.41) is 5.45. The molecule has 3 nitrogen and oxygen atoms in total. The lowest BCUT2D eigenvalue weighted by molar-refractivity contribution is 0.506. The number of benzene rings is 16. The number of aromatic nitrogens is 2. The lowest BCUT2D eigenvalue weighted by Gasteiger charge is -2.30. The van der Waals surface area contributed by atoms with Crippen LogP contribution in [0.1, 0.15) is 160 Å². The van der Waals surface area contributed by atoms with E-state index in [4.69, 9.17) is 5.73 Å². The molecule has 18 aromatic rings. The molecule has 4 unspecified atom stereocenters. The zero-order valence-corrected chi connectivity index (χ0v) is 72.7. The van der Waals surface area contributed by atoms with Crippen molar-refractivity contribution in [2.24, 2.45) is 5.73 Å². The number of aryl methyl sites for hydroxylation is 2. The number of allylic oxidation sites excluding steroid dienone is 7. The Morgan fingerprint density at radius 1 is 0.381 bits per heavy atom. The molecule has 0 bridgehead atoms. The number of hydrogen-bond acceptors (Lipinski definition) is 1. The van der Waals surface area contributed by atoms with E-state index in [2.05, 4.69) is 431 Å². The topological polar surface area (TPSA) is 35.9 Å². The van der Waals surface area contributed by atoms with Crippen molar-refractivity contribution >= 4 is 54.8 Å². The molecule has 5 aliphatic carbocycles. The predicted octanol–water partition coefficient (Wildman–Crippen LogP) is 31.0. The lowest BCUT2D eigenvalue weighted by Crippen LogP contribution is -2.28. The fourth-order valence-corrected chi connectivity index (χ4v) is 21.0. The molecule has 4 atom stereocenters. The molecule has 126 heavy (non-hydrogen) atoms.